The van der Waals surface area contributed by atoms with Crippen LogP contribution in [0.2, 0.25) is 0 Å². The summed E-state index contributed by atoms with van der Waals surface area (Å²) in [5.41, 5.74) is 8.03. The third-order valence-electron chi connectivity index (χ3n) is 6.65. The topological polar surface area (TPSA) is 110 Å². The maximum atomic E-state index is 10.8. The van der Waals surface area contributed by atoms with Gasteiger partial charge in [-0.15, -0.1) is 10.2 Å². The zero-order chi connectivity index (χ0) is 26.0. The maximum absolute atomic E-state index is 10.8. The molecule has 1 saturated carbocycles. The lowest BCUT2D eigenvalue weighted by Gasteiger charge is -2.34. The van der Waals surface area contributed by atoms with Gasteiger partial charge in [-0.25, -0.2) is 4.79 Å². The average Bonchev–Trinajstić information content (AvgIpc) is 3.30. The number of nitrogens with zero attached hydrogens (tertiary/aromatic N) is 2. The summed E-state index contributed by atoms with van der Waals surface area (Å²) in [5.74, 6) is 3.29. The van der Waals surface area contributed by atoms with Crippen molar-refractivity contribution >= 4 is 6.09 Å². The molecule has 1 aliphatic carbocycles. The molecule has 8 nitrogen and oxygen atoms in total. The van der Waals surface area contributed by atoms with Crippen molar-refractivity contribution in [3.05, 3.63) is 89.8 Å². The molecule has 4 aromatic rings. The van der Waals surface area contributed by atoms with Crippen molar-refractivity contribution in [3.8, 4) is 28.7 Å². The van der Waals surface area contributed by atoms with Gasteiger partial charge in [-0.1, -0.05) is 38.1 Å². The largest absolute Gasteiger partial charge is 0.490 e. The van der Waals surface area contributed by atoms with Crippen LogP contribution in [0.15, 0.2) is 77.2 Å². The van der Waals surface area contributed by atoms with Crippen LogP contribution in [0.3, 0.4) is 0 Å². The molecule has 8 heteroatoms. The first kappa shape index (κ1) is 24.4. The second kappa shape index (κ2) is 9.97. The highest BCUT2D eigenvalue weighted by atomic mass is 16.6. The van der Waals surface area contributed by atoms with Crippen LogP contribution in [0.5, 0.6) is 17.2 Å². The highest BCUT2D eigenvalue weighted by molar-refractivity contribution is 5.64. The van der Waals surface area contributed by atoms with E-state index in [1.54, 1.807) is 6.92 Å². The van der Waals surface area contributed by atoms with Crippen molar-refractivity contribution in [1.29, 1.82) is 0 Å². The lowest BCUT2D eigenvalue weighted by Crippen LogP contribution is -2.41. The van der Waals surface area contributed by atoms with Crippen LogP contribution in [0, 0.1) is 6.92 Å². The first-order valence-corrected chi connectivity index (χ1v) is 12.2. The number of ether oxygens (including phenoxy) is 3. The molecule has 0 spiro atoms. The van der Waals surface area contributed by atoms with Crippen LogP contribution in [0.25, 0.3) is 11.5 Å². The monoisotopic (exact) mass is 499 g/mol. The Morgan fingerprint density at radius 2 is 1.38 bits per heavy atom. The Kier molecular flexibility index (Phi) is 6.56. The molecule has 1 fully saturated rings. The number of hydrogen-bond acceptors (Lipinski definition) is 7. The van der Waals surface area contributed by atoms with E-state index in [4.69, 9.17) is 24.4 Å². The van der Waals surface area contributed by atoms with Crippen molar-refractivity contribution < 1.29 is 23.4 Å². The van der Waals surface area contributed by atoms with E-state index in [0.29, 0.717) is 24.6 Å². The molecule has 0 radical (unpaired) electrons. The number of benzene rings is 3. The minimum Gasteiger partial charge on any atom is -0.490 e. The third kappa shape index (κ3) is 5.58. The molecule has 190 valence electrons. The number of primary amides is 1. The normalized spacial score (nSPS) is 17.1. The molecule has 0 bridgehead atoms. The highest BCUT2D eigenvalue weighted by Gasteiger charge is 2.33. The molecule has 0 atom stereocenters. The molecule has 3 aromatic carbocycles. The standard InChI is InChI=1S/C29H29N3O5/c1-18-31-32-27(34-18)19-4-10-22(11-5-19)35-23-12-6-20(7-13-23)29(2,3)21-8-14-24(15-9-21)36-25-16-26(17-25)37-28(30)33/h4-15,25-26H,16-17H2,1-3H3,(H2,30,33). The third-order valence-corrected chi connectivity index (χ3v) is 6.65. The summed E-state index contributed by atoms with van der Waals surface area (Å²) >= 11 is 0. The van der Waals surface area contributed by atoms with Crippen LogP contribution in [-0.2, 0) is 10.2 Å². The SMILES string of the molecule is Cc1nnc(-c2ccc(Oc3ccc(C(C)(C)c4ccc(OC5CC(OC(N)=O)C5)cc4)cc3)cc2)o1. The number of aromatic nitrogens is 2. The lowest BCUT2D eigenvalue weighted by atomic mass is 9.78. The van der Waals surface area contributed by atoms with E-state index in [1.165, 1.54) is 11.1 Å². The molecule has 1 heterocycles. The molecule has 0 saturated heterocycles. The number of aryl methyl sites for hydroxylation is 1. The number of nitrogens with two attached hydrogens (primary N) is 1. The van der Waals surface area contributed by atoms with Gasteiger partial charge in [0.2, 0.25) is 11.8 Å². The maximum Gasteiger partial charge on any atom is 0.404 e. The van der Waals surface area contributed by atoms with Crippen LogP contribution in [0.1, 0.15) is 43.7 Å². The summed E-state index contributed by atoms with van der Waals surface area (Å²) in [4.78, 5) is 10.8. The summed E-state index contributed by atoms with van der Waals surface area (Å²) in [6.07, 6.45) is 0.475. The molecule has 37 heavy (non-hydrogen) atoms. The van der Waals surface area contributed by atoms with Gasteiger partial charge < -0.3 is 24.4 Å². The van der Waals surface area contributed by atoms with Gasteiger partial charge in [-0.05, 0) is 59.7 Å². The average molecular weight is 500 g/mol. The van der Waals surface area contributed by atoms with Crippen LogP contribution in [0.4, 0.5) is 4.79 Å². The van der Waals surface area contributed by atoms with E-state index in [0.717, 1.165) is 22.8 Å². The highest BCUT2D eigenvalue weighted by Crippen LogP contribution is 2.35. The van der Waals surface area contributed by atoms with Gasteiger partial charge in [0, 0.05) is 30.7 Å². The van der Waals surface area contributed by atoms with Gasteiger partial charge in [0.15, 0.2) is 0 Å². The van der Waals surface area contributed by atoms with Crippen molar-refractivity contribution in [3.63, 3.8) is 0 Å². The van der Waals surface area contributed by atoms with E-state index in [9.17, 15) is 4.79 Å². The van der Waals surface area contributed by atoms with Crippen LogP contribution in [-0.4, -0.2) is 28.5 Å². The minimum atomic E-state index is -0.736. The fourth-order valence-corrected chi connectivity index (χ4v) is 4.34. The molecule has 2 N–H and O–H groups in total. The molecular formula is C29H29N3O5. The van der Waals surface area contributed by atoms with Gasteiger partial charge in [0.05, 0.1) is 0 Å². The van der Waals surface area contributed by atoms with Crippen LogP contribution < -0.4 is 15.2 Å². The van der Waals surface area contributed by atoms with Crippen molar-refractivity contribution in [2.75, 3.05) is 0 Å². The Morgan fingerprint density at radius 1 is 0.838 bits per heavy atom. The van der Waals surface area contributed by atoms with Gasteiger partial charge in [-0.2, -0.15) is 0 Å². The first-order valence-electron chi connectivity index (χ1n) is 12.2. The predicted octanol–water partition coefficient (Wildman–Crippen LogP) is 6.17. The van der Waals surface area contributed by atoms with Gasteiger partial charge in [0.25, 0.3) is 0 Å². The molecule has 5 rings (SSSR count). The van der Waals surface area contributed by atoms with Crippen molar-refractivity contribution in [1.82, 2.24) is 10.2 Å². The van der Waals surface area contributed by atoms with E-state index < -0.39 is 6.09 Å². The second-order valence-electron chi connectivity index (χ2n) is 9.70. The van der Waals surface area contributed by atoms with Gasteiger partial charge >= 0.3 is 6.09 Å². The fourth-order valence-electron chi connectivity index (χ4n) is 4.34. The molecule has 1 aromatic heterocycles. The van der Waals surface area contributed by atoms with Crippen LogP contribution >= 0.6 is 0 Å². The number of amides is 1. The zero-order valence-electron chi connectivity index (χ0n) is 21.0. The number of carbonyl (C=O) groups is 1. The molecule has 0 unspecified atom stereocenters. The Morgan fingerprint density at radius 3 is 1.89 bits per heavy atom. The number of hydrogen-bond donors (Lipinski definition) is 1. The smallest absolute Gasteiger partial charge is 0.404 e. The predicted molar refractivity (Wildman–Crippen MR) is 138 cm³/mol. The second-order valence-corrected chi connectivity index (χ2v) is 9.70. The minimum absolute atomic E-state index is 0.0370. The number of rotatable bonds is 8. The van der Waals surface area contributed by atoms with Gasteiger partial charge in [-0.3, -0.25) is 0 Å². The quantitative estimate of drug-likeness (QED) is 0.309. The lowest BCUT2D eigenvalue weighted by molar-refractivity contribution is -0.0197. The zero-order valence-corrected chi connectivity index (χ0v) is 21.0. The summed E-state index contributed by atoms with van der Waals surface area (Å²) in [5, 5.41) is 7.90. The van der Waals surface area contributed by atoms with E-state index >= 15 is 0 Å². The molecule has 1 aliphatic rings. The fraction of sp³-hybridized carbons (Fsp3) is 0.276. The number of carbonyl (C=O) groups excluding carboxylic acids is 1. The summed E-state index contributed by atoms with van der Waals surface area (Å²) in [6, 6.07) is 23.8. The summed E-state index contributed by atoms with van der Waals surface area (Å²) in [7, 11) is 0. The van der Waals surface area contributed by atoms with Gasteiger partial charge in [0.1, 0.15) is 29.5 Å². The Labute approximate surface area is 215 Å². The van der Waals surface area contributed by atoms with E-state index in [-0.39, 0.29) is 17.6 Å². The molecular weight excluding hydrogens is 470 g/mol. The molecule has 1 amide bonds. The Bertz CT molecular complexity index is 1360. The van der Waals surface area contributed by atoms with E-state index in [1.807, 2.05) is 48.5 Å². The van der Waals surface area contributed by atoms with E-state index in [2.05, 4.69) is 48.3 Å². The Balaban J connectivity index is 1.19. The molecule has 0 aliphatic heterocycles. The van der Waals surface area contributed by atoms with Crippen molar-refractivity contribution in [2.45, 2.75) is 51.2 Å². The first-order chi connectivity index (χ1) is 17.8. The Hall–Kier alpha value is -4.33. The summed E-state index contributed by atoms with van der Waals surface area (Å²) < 4.78 is 22.4. The van der Waals surface area contributed by atoms with Crippen molar-refractivity contribution in [2.24, 2.45) is 5.73 Å². The summed E-state index contributed by atoms with van der Waals surface area (Å²) in [6.45, 7) is 6.14.